The Morgan fingerprint density at radius 3 is 2.70 bits per heavy atom. The molecule has 4 rings (SSSR count). The highest BCUT2D eigenvalue weighted by Crippen LogP contribution is 2.42. The van der Waals surface area contributed by atoms with Crippen molar-refractivity contribution in [3.8, 4) is 11.5 Å². The molecule has 1 aliphatic carbocycles. The molecular formula is C14H13NO5. The van der Waals surface area contributed by atoms with Crippen LogP contribution in [0.2, 0.25) is 0 Å². The summed E-state index contributed by atoms with van der Waals surface area (Å²) in [5, 5.41) is 22.8. The number of benzene rings is 1. The monoisotopic (exact) mass is 275 g/mol. The van der Waals surface area contributed by atoms with Gasteiger partial charge in [0.2, 0.25) is 6.79 Å². The Morgan fingerprint density at radius 1 is 1.15 bits per heavy atom. The number of carbonyl (C=O) groups excluding carboxylic acids is 1. The molecule has 104 valence electrons. The number of ether oxygens (including phenoxy) is 2. The standard InChI is InChI=1S/C14H13NO5/c16-9-2-1-8-12(13(9)17)6-3-10-11(20-5-19-10)4-7(6)14(18)15-8/h1-4,8-9,12-13,16-17H,5H2,(H,15,18)/t8-,9+,12+,13-/m0/s1. The van der Waals surface area contributed by atoms with Gasteiger partial charge in [-0.05, 0) is 17.7 Å². The van der Waals surface area contributed by atoms with E-state index in [0.29, 0.717) is 22.6 Å². The fraction of sp³-hybridized carbons (Fsp3) is 0.357. The van der Waals surface area contributed by atoms with Crippen LogP contribution in [0.4, 0.5) is 0 Å². The van der Waals surface area contributed by atoms with Gasteiger partial charge in [-0.25, -0.2) is 0 Å². The molecule has 6 heteroatoms. The number of carbonyl (C=O) groups is 1. The van der Waals surface area contributed by atoms with Crippen LogP contribution in [0, 0.1) is 0 Å². The van der Waals surface area contributed by atoms with Crippen molar-refractivity contribution in [3.63, 3.8) is 0 Å². The summed E-state index contributed by atoms with van der Waals surface area (Å²) in [5.41, 5.74) is 1.14. The second kappa shape index (κ2) is 3.97. The summed E-state index contributed by atoms with van der Waals surface area (Å²) >= 11 is 0. The summed E-state index contributed by atoms with van der Waals surface area (Å²) in [4.78, 5) is 12.1. The predicted molar refractivity (Wildman–Crippen MR) is 67.7 cm³/mol. The van der Waals surface area contributed by atoms with Gasteiger partial charge in [-0.3, -0.25) is 4.79 Å². The maximum atomic E-state index is 12.1. The molecule has 0 unspecified atom stereocenters. The molecule has 6 nitrogen and oxygen atoms in total. The molecule has 0 bridgehead atoms. The summed E-state index contributed by atoms with van der Waals surface area (Å²) < 4.78 is 10.6. The first-order chi connectivity index (χ1) is 9.65. The molecule has 2 heterocycles. The number of hydrogen-bond donors (Lipinski definition) is 3. The highest BCUT2D eigenvalue weighted by molar-refractivity contribution is 5.98. The Labute approximate surface area is 114 Å². The van der Waals surface area contributed by atoms with Crippen LogP contribution < -0.4 is 14.8 Å². The van der Waals surface area contributed by atoms with Crippen LogP contribution in [0.15, 0.2) is 24.3 Å². The van der Waals surface area contributed by atoms with Crippen LogP contribution in [0.25, 0.3) is 0 Å². The van der Waals surface area contributed by atoms with Crippen LogP contribution in [0.5, 0.6) is 11.5 Å². The zero-order chi connectivity index (χ0) is 13.9. The minimum Gasteiger partial charge on any atom is -0.454 e. The topological polar surface area (TPSA) is 88.0 Å². The molecular weight excluding hydrogens is 262 g/mol. The highest BCUT2D eigenvalue weighted by atomic mass is 16.7. The largest absolute Gasteiger partial charge is 0.454 e. The molecule has 0 aromatic heterocycles. The molecule has 1 amide bonds. The Balaban J connectivity index is 1.89. The Morgan fingerprint density at radius 2 is 1.90 bits per heavy atom. The van der Waals surface area contributed by atoms with Gasteiger partial charge in [0.15, 0.2) is 11.5 Å². The number of nitrogens with one attached hydrogen (secondary N) is 1. The third-order valence-electron chi connectivity index (χ3n) is 4.07. The van der Waals surface area contributed by atoms with Crippen LogP contribution in [-0.4, -0.2) is 41.2 Å². The molecule has 4 atom stereocenters. The second-order valence-corrected chi connectivity index (χ2v) is 5.18. The number of rotatable bonds is 0. The summed E-state index contributed by atoms with van der Waals surface area (Å²) in [6, 6.07) is 3.03. The maximum absolute atomic E-state index is 12.1. The van der Waals surface area contributed by atoms with Crippen LogP contribution >= 0.6 is 0 Å². The molecule has 1 aromatic rings. The first-order valence-electron chi connectivity index (χ1n) is 6.44. The highest BCUT2D eigenvalue weighted by Gasteiger charge is 2.42. The normalized spacial score (nSPS) is 33.4. The van der Waals surface area contributed by atoms with Crippen LogP contribution in [0.3, 0.4) is 0 Å². The predicted octanol–water partition coefficient (Wildman–Crippen LogP) is -0.0975. The van der Waals surface area contributed by atoms with E-state index < -0.39 is 18.1 Å². The van der Waals surface area contributed by atoms with Gasteiger partial charge in [-0.1, -0.05) is 12.2 Å². The third-order valence-corrected chi connectivity index (χ3v) is 4.07. The first-order valence-corrected chi connectivity index (χ1v) is 6.44. The van der Waals surface area contributed by atoms with Gasteiger partial charge in [-0.15, -0.1) is 0 Å². The second-order valence-electron chi connectivity index (χ2n) is 5.18. The van der Waals surface area contributed by atoms with Crippen molar-refractivity contribution < 1.29 is 24.5 Å². The zero-order valence-electron chi connectivity index (χ0n) is 10.4. The number of amides is 1. The van der Waals surface area contributed by atoms with Crippen LogP contribution in [-0.2, 0) is 0 Å². The third kappa shape index (κ3) is 1.49. The number of hydrogen-bond acceptors (Lipinski definition) is 5. The Bertz CT molecular complexity index is 626. The lowest BCUT2D eigenvalue weighted by molar-refractivity contribution is 0.0154. The number of aliphatic hydroxyl groups excluding tert-OH is 2. The minimum atomic E-state index is -0.968. The van der Waals surface area contributed by atoms with E-state index in [1.807, 2.05) is 0 Å². The Hall–Kier alpha value is -2.05. The van der Waals surface area contributed by atoms with E-state index in [1.54, 1.807) is 18.2 Å². The fourth-order valence-corrected chi connectivity index (χ4v) is 3.07. The lowest BCUT2D eigenvalue weighted by Crippen LogP contribution is -2.51. The van der Waals surface area contributed by atoms with Crippen molar-refractivity contribution in [2.75, 3.05) is 6.79 Å². The van der Waals surface area contributed by atoms with Crippen molar-refractivity contribution in [2.24, 2.45) is 0 Å². The van der Waals surface area contributed by atoms with E-state index in [4.69, 9.17) is 9.47 Å². The average Bonchev–Trinajstić information content (AvgIpc) is 2.88. The van der Waals surface area contributed by atoms with Gasteiger partial charge in [0.1, 0.15) is 0 Å². The van der Waals surface area contributed by atoms with Crippen molar-refractivity contribution in [3.05, 3.63) is 35.4 Å². The Kier molecular flexibility index (Phi) is 2.33. The molecule has 0 saturated carbocycles. The molecule has 0 radical (unpaired) electrons. The van der Waals surface area contributed by atoms with Crippen molar-refractivity contribution in [2.45, 2.75) is 24.2 Å². The van der Waals surface area contributed by atoms with Crippen molar-refractivity contribution >= 4 is 5.91 Å². The van der Waals surface area contributed by atoms with Gasteiger partial charge in [-0.2, -0.15) is 0 Å². The van der Waals surface area contributed by atoms with Gasteiger partial charge < -0.3 is 25.0 Å². The van der Waals surface area contributed by atoms with Gasteiger partial charge in [0.05, 0.1) is 18.2 Å². The van der Waals surface area contributed by atoms with E-state index >= 15 is 0 Å². The van der Waals surface area contributed by atoms with Gasteiger partial charge in [0.25, 0.3) is 5.91 Å². The molecule has 2 aliphatic heterocycles. The molecule has 1 aromatic carbocycles. The lowest BCUT2D eigenvalue weighted by atomic mass is 9.76. The van der Waals surface area contributed by atoms with E-state index in [2.05, 4.69) is 5.32 Å². The van der Waals surface area contributed by atoms with Crippen molar-refractivity contribution in [1.82, 2.24) is 5.32 Å². The van der Waals surface area contributed by atoms with Gasteiger partial charge in [0, 0.05) is 11.5 Å². The average molecular weight is 275 g/mol. The van der Waals surface area contributed by atoms with Crippen molar-refractivity contribution in [1.29, 1.82) is 0 Å². The maximum Gasteiger partial charge on any atom is 0.252 e. The summed E-state index contributed by atoms with van der Waals surface area (Å²) in [5.74, 6) is 0.483. The quantitative estimate of drug-likeness (QED) is 0.576. The minimum absolute atomic E-state index is 0.124. The molecule has 3 aliphatic rings. The van der Waals surface area contributed by atoms with E-state index in [-0.39, 0.29) is 18.7 Å². The van der Waals surface area contributed by atoms with E-state index in [0.717, 1.165) is 0 Å². The molecule has 20 heavy (non-hydrogen) atoms. The van der Waals surface area contributed by atoms with E-state index in [9.17, 15) is 15.0 Å². The molecule has 0 spiro atoms. The SMILES string of the molecule is O=C1N[C@H]2C=C[C@@H](O)[C@H](O)[C@@H]2c2cc3c(cc21)OCO3. The smallest absolute Gasteiger partial charge is 0.252 e. The first kappa shape index (κ1) is 11.7. The van der Waals surface area contributed by atoms with E-state index in [1.165, 1.54) is 6.08 Å². The molecule has 0 fully saturated rings. The summed E-state index contributed by atoms with van der Waals surface area (Å²) in [7, 11) is 0. The zero-order valence-corrected chi connectivity index (χ0v) is 10.4. The summed E-state index contributed by atoms with van der Waals surface area (Å²) in [6.45, 7) is 0.124. The summed E-state index contributed by atoms with van der Waals surface area (Å²) in [6.07, 6.45) is 1.31. The number of aliphatic hydroxyl groups is 2. The number of fused-ring (bicyclic) bond motifs is 4. The van der Waals surface area contributed by atoms with Gasteiger partial charge >= 0.3 is 0 Å². The fourth-order valence-electron chi connectivity index (χ4n) is 3.07. The lowest BCUT2D eigenvalue weighted by Gasteiger charge is -2.39. The molecule has 3 N–H and O–H groups in total. The van der Waals surface area contributed by atoms with Crippen LogP contribution in [0.1, 0.15) is 21.8 Å². The molecule has 0 saturated heterocycles.